The standard InChI is InChI=1S/C19H19FN4/c1-14-12-18(22-17-11-7-6-10-16(17)20)23-19(21-14)24(2)13-15-8-4-3-5-9-15/h3-12H,13H2,1-2H3,(H,21,22,23). The molecule has 5 heteroatoms. The third-order valence-corrected chi connectivity index (χ3v) is 3.58. The Hall–Kier alpha value is -2.95. The molecule has 0 unspecified atom stereocenters. The molecule has 4 nitrogen and oxygen atoms in total. The van der Waals surface area contributed by atoms with Crippen molar-refractivity contribution in [1.82, 2.24) is 9.97 Å². The Morgan fingerprint density at radius 1 is 1.00 bits per heavy atom. The van der Waals surface area contributed by atoms with E-state index in [1.165, 1.54) is 11.6 Å². The van der Waals surface area contributed by atoms with Gasteiger partial charge in [-0.1, -0.05) is 42.5 Å². The van der Waals surface area contributed by atoms with Gasteiger partial charge in [0.25, 0.3) is 0 Å². The number of hydrogen-bond donors (Lipinski definition) is 1. The molecule has 24 heavy (non-hydrogen) atoms. The van der Waals surface area contributed by atoms with Gasteiger partial charge in [-0.25, -0.2) is 9.37 Å². The lowest BCUT2D eigenvalue weighted by Crippen LogP contribution is -2.19. The maximum absolute atomic E-state index is 13.8. The third kappa shape index (κ3) is 3.87. The Kier molecular flexibility index (Phi) is 4.70. The highest BCUT2D eigenvalue weighted by atomic mass is 19.1. The van der Waals surface area contributed by atoms with Crippen LogP contribution in [0.1, 0.15) is 11.3 Å². The van der Waals surface area contributed by atoms with Crippen molar-refractivity contribution in [3.05, 3.63) is 77.7 Å². The molecule has 0 atom stereocenters. The van der Waals surface area contributed by atoms with E-state index in [1.807, 2.05) is 37.1 Å². The van der Waals surface area contributed by atoms with E-state index in [-0.39, 0.29) is 5.82 Å². The number of benzene rings is 2. The molecular formula is C19H19FN4. The number of halogens is 1. The van der Waals surface area contributed by atoms with Crippen LogP contribution < -0.4 is 10.2 Å². The molecule has 3 rings (SSSR count). The fraction of sp³-hybridized carbons (Fsp3) is 0.158. The van der Waals surface area contributed by atoms with Crippen molar-refractivity contribution in [2.75, 3.05) is 17.3 Å². The molecule has 0 radical (unpaired) electrons. The lowest BCUT2D eigenvalue weighted by atomic mass is 10.2. The smallest absolute Gasteiger partial charge is 0.227 e. The normalized spacial score (nSPS) is 10.5. The van der Waals surface area contributed by atoms with Gasteiger partial charge in [0.1, 0.15) is 11.6 Å². The van der Waals surface area contributed by atoms with E-state index in [2.05, 4.69) is 27.4 Å². The minimum atomic E-state index is -0.312. The summed E-state index contributed by atoms with van der Waals surface area (Å²) in [7, 11) is 1.94. The van der Waals surface area contributed by atoms with Gasteiger partial charge in [0, 0.05) is 25.4 Å². The highest BCUT2D eigenvalue weighted by Gasteiger charge is 2.09. The Labute approximate surface area is 141 Å². The van der Waals surface area contributed by atoms with E-state index in [4.69, 9.17) is 0 Å². The van der Waals surface area contributed by atoms with Gasteiger partial charge < -0.3 is 10.2 Å². The molecule has 3 aromatic rings. The van der Waals surface area contributed by atoms with Gasteiger partial charge in [-0.2, -0.15) is 4.98 Å². The minimum absolute atomic E-state index is 0.312. The van der Waals surface area contributed by atoms with Crippen molar-refractivity contribution in [2.24, 2.45) is 0 Å². The van der Waals surface area contributed by atoms with Gasteiger partial charge >= 0.3 is 0 Å². The SMILES string of the molecule is Cc1cc(Nc2ccccc2F)nc(N(C)Cc2ccccc2)n1. The summed E-state index contributed by atoms with van der Waals surface area (Å²) in [6, 6.07) is 18.5. The lowest BCUT2D eigenvalue weighted by molar-refractivity contribution is 0.632. The van der Waals surface area contributed by atoms with E-state index in [9.17, 15) is 4.39 Å². The molecule has 0 aliphatic rings. The Balaban J connectivity index is 1.82. The Morgan fingerprint density at radius 3 is 2.46 bits per heavy atom. The summed E-state index contributed by atoms with van der Waals surface area (Å²) in [4.78, 5) is 10.9. The molecule has 0 bridgehead atoms. The molecule has 0 saturated heterocycles. The van der Waals surface area contributed by atoms with Crippen LogP contribution >= 0.6 is 0 Å². The van der Waals surface area contributed by atoms with Crippen LogP contribution in [-0.2, 0) is 6.54 Å². The van der Waals surface area contributed by atoms with Gasteiger partial charge in [0.15, 0.2) is 0 Å². The van der Waals surface area contributed by atoms with Gasteiger partial charge in [-0.3, -0.25) is 0 Å². The number of nitrogens with zero attached hydrogens (tertiary/aromatic N) is 3. The molecule has 2 aromatic carbocycles. The molecule has 0 aliphatic heterocycles. The maximum atomic E-state index is 13.8. The molecule has 0 fully saturated rings. The van der Waals surface area contributed by atoms with Crippen LogP contribution in [0, 0.1) is 12.7 Å². The summed E-state index contributed by atoms with van der Waals surface area (Å²) in [5.41, 5.74) is 2.39. The van der Waals surface area contributed by atoms with Crippen LogP contribution in [0.5, 0.6) is 0 Å². The topological polar surface area (TPSA) is 41.1 Å². The number of aromatic nitrogens is 2. The van der Waals surface area contributed by atoms with Crippen LogP contribution in [0.25, 0.3) is 0 Å². The Bertz CT molecular complexity index is 821. The molecule has 1 heterocycles. The van der Waals surface area contributed by atoms with Crippen LogP contribution in [-0.4, -0.2) is 17.0 Å². The fourth-order valence-electron chi connectivity index (χ4n) is 2.42. The van der Waals surface area contributed by atoms with Crippen molar-refractivity contribution in [1.29, 1.82) is 0 Å². The molecule has 0 spiro atoms. The van der Waals surface area contributed by atoms with Crippen LogP contribution in [0.2, 0.25) is 0 Å². The molecule has 0 amide bonds. The summed E-state index contributed by atoms with van der Waals surface area (Å²) in [5.74, 6) is 0.855. The van der Waals surface area contributed by atoms with Crippen molar-refractivity contribution in [3.8, 4) is 0 Å². The first kappa shape index (κ1) is 15.9. The molecule has 122 valence electrons. The summed E-state index contributed by atoms with van der Waals surface area (Å²) >= 11 is 0. The first-order chi connectivity index (χ1) is 11.6. The van der Waals surface area contributed by atoms with E-state index in [0.717, 1.165) is 5.69 Å². The van der Waals surface area contributed by atoms with Crippen LogP contribution in [0.4, 0.5) is 21.8 Å². The maximum Gasteiger partial charge on any atom is 0.227 e. The zero-order valence-electron chi connectivity index (χ0n) is 13.7. The molecular weight excluding hydrogens is 303 g/mol. The van der Waals surface area contributed by atoms with Gasteiger partial charge in [0.2, 0.25) is 5.95 Å². The van der Waals surface area contributed by atoms with Crippen molar-refractivity contribution >= 4 is 17.5 Å². The average molecular weight is 322 g/mol. The average Bonchev–Trinajstić information content (AvgIpc) is 2.57. The minimum Gasteiger partial charge on any atom is -0.339 e. The lowest BCUT2D eigenvalue weighted by Gasteiger charge is -2.18. The quantitative estimate of drug-likeness (QED) is 0.760. The molecule has 0 saturated carbocycles. The van der Waals surface area contributed by atoms with E-state index >= 15 is 0 Å². The second-order valence-corrected chi connectivity index (χ2v) is 5.64. The fourth-order valence-corrected chi connectivity index (χ4v) is 2.42. The van der Waals surface area contributed by atoms with Crippen molar-refractivity contribution < 1.29 is 4.39 Å². The zero-order chi connectivity index (χ0) is 16.9. The predicted octanol–water partition coefficient (Wildman–Crippen LogP) is 4.30. The number of rotatable bonds is 5. The molecule has 1 N–H and O–H groups in total. The number of hydrogen-bond acceptors (Lipinski definition) is 4. The second-order valence-electron chi connectivity index (χ2n) is 5.64. The molecule has 1 aromatic heterocycles. The highest BCUT2D eigenvalue weighted by molar-refractivity contribution is 5.58. The number of aryl methyl sites for hydroxylation is 1. The highest BCUT2D eigenvalue weighted by Crippen LogP contribution is 2.21. The predicted molar refractivity (Wildman–Crippen MR) is 95.0 cm³/mol. The first-order valence-electron chi connectivity index (χ1n) is 7.74. The number of nitrogens with one attached hydrogen (secondary N) is 1. The summed E-state index contributed by atoms with van der Waals surface area (Å²) in [6.07, 6.45) is 0. The number of anilines is 3. The van der Waals surface area contributed by atoms with Crippen LogP contribution in [0.3, 0.4) is 0 Å². The van der Waals surface area contributed by atoms with E-state index in [0.29, 0.717) is 24.0 Å². The largest absolute Gasteiger partial charge is 0.339 e. The van der Waals surface area contributed by atoms with E-state index < -0.39 is 0 Å². The summed E-state index contributed by atoms with van der Waals surface area (Å²) in [6.45, 7) is 2.59. The van der Waals surface area contributed by atoms with Gasteiger partial charge in [-0.05, 0) is 24.6 Å². The molecule has 0 aliphatic carbocycles. The zero-order valence-corrected chi connectivity index (χ0v) is 13.7. The second kappa shape index (κ2) is 7.08. The van der Waals surface area contributed by atoms with Gasteiger partial charge in [0.05, 0.1) is 5.69 Å². The third-order valence-electron chi connectivity index (χ3n) is 3.58. The Morgan fingerprint density at radius 2 is 1.71 bits per heavy atom. The van der Waals surface area contributed by atoms with Crippen molar-refractivity contribution in [3.63, 3.8) is 0 Å². The van der Waals surface area contributed by atoms with Crippen molar-refractivity contribution in [2.45, 2.75) is 13.5 Å². The van der Waals surface area contributed by atoms with Gasteiger partial charge in [-0.15, -0.1) is 0 Å². The van der Waals surface area contributed by atoms with E-state index in [1.54, 1.807) is 24.3 Å². The monoisotopic (exact) mass is 322 g/mol. The number of para-hydroxylation sites is 1. The summed E-state index contributed by atoms with van der Waals surface area (Å²) < 4.78 is 13.8. The van der Waals surface area contributed by atoms with Crippen LogP contribution in [0.15, 0.2) is 60.7 Å². The summed E-state index contributed by atoms with van der Waals surface area (Å²) in [5, 5.41) is 3.02. The first-order valence-corrected chi connectivity index (χ1v) is 7.74.